The summed E-state index contributed by atoms with van der Waals surface area (Å²) in [5.74, 6) is 2.05. The summed E-state index contributed by atoms with van der Waals surface area (Å²) < 4.78 is 16.1. The molecule has 3 heterocycles. The molecule has 0 spiro atoms. The molecule has 1 atom stereocenters. The Labute approximate surface area is 152 Å². The van der Waals surface area contributed by atoms with E-state index < -0.39 is 0 Å². The van der Waals surface area contributed by atoms with Crippen LogP contribution in [-0.2, 0) is 16.0 Å². The number of ether oxygens (including phenoxy) is 1. The van der Waals surface area contributed by atoms with Gasteiger partial charge in [0.25, 0.3) is 0 Å². The summed E-state index contributed by atoms with van der Waals surface area (Å²) in [6.07, 6.45) is 1.90. The molecular formula is C18H26N4O4. The molecule has 1 aliphatic heterocycles. The lowest BCUT2D eigenvalue weighted by atomic mass is 9.91. The van der Waals surface area contributed by atoms with E-state index in [0.29, 0.717) is 30.7 Å². The second-order valence-corrected chi connectivity index (χ2v) is 7.12. The molecule has 0 bridgehead atoms. The molecule has 3 rings (SSSR count). The van der Waals surface area contributed by atoms with Gasteiger partial charge in [-0.15, -0.1) is 0 Å². The van der Waals surface area contributed by atoms with Crippen molar-refractivity contribution in [2.75, 3.05) is 13.2 Å². The third kappa shape index (κ3) is 4.12. The van der Waals surface area contributed by atoms with Crippen molar-refractivity contribution in [2.45, 2.75) is 58.9 Å². The molecule has 1 aliphatic rings. The van der Waals surface area contributed by atoms with E-state index in [1.165, 1.54) is 0 Å². The number of hydrogen-bond donors (Lipinski definition) is 1. The SMILES string of the molecule is Cc1noc(C)c1CC(=O)NC(c1nc(C(C)C)no1)C1CCOCC1. The summed E-state index contributed by atoms with van der Waals surface area (Å²) in [5.41, 5.74) is 1.56. The lowest BCUT2D eigenvalue weighted by Crippen LogP contribution is -2.37. The van der Waals surface area contributed by atoms with Gasteiger partial charge in [0.1, 0.15) is 11.8 Å². The van der Waals surface area contributed by atoms with Crippen LogP contribution in [0.25, 0.3) is 0 Å². The molecule has 26 heavy (non-hydrogen) atoms. The molecule has 142 valence electrons. The zero-order valence-corrected chi connectivity index (χ0v) is 15.7. The highest BCUT2D eigenvalue weighted by Gasteiger charge is 2.32. The molecule has 8 nitrogen and oxygen atoms in total. The van der Waals surface area contributed by atoms with Crippen LogP contribution < -0.4 is 5.32 Å². The van der Waals surface area contributed by atoms with Crippen molar-refractivity contribution in [3.63, 3.8) is 0 Å². The second-order valence-electron chi connectivity index (χ2n) is 7.12. The molecule has 1 amide bonds. The first-order valence-electron chi connectivity index (χ1n) is 9.08. The van der Waals surface area contributed by atoms with Crippen LogP contribution in [0.1, 0.15) is 67.4 Å². The summed E-state index contributed by atoms with van der Waals surface area (Å²) in [4.78, 5) is 17.2. The van der Waals surface area contributed by atoms with E-state index in [2.05, 4.69) is 20.6 Å². The van der Waals surface area contributed by atoms with Gasteiger partial charge in [0.15, 0.2) is 5.82 Å². The van der Waals surface area contributed by atoms with Crippen LogP contribution in [-0.4, -0.2) is 34.4 Å². The molecule has 0 radical (unpaired) electrons. The fraction of sp³-hybridized carbons (Fsp3) is 0.667. The highest BCUT2D eigenvalue weighted by atomic mass is 16.5. The molecule has 8 heteroatoms. The Kier molecular flexibility index (Phi) is 5.70. The van der Waals surface area contributed by atoms with E-state index >= 15 is 0 Å². The number of aromatic nitrogens is 3. The Morgan fingerprint density at radius 1 is 1.19 bits per heavy atom. The van der Waals surface area contributed by atoms with Crippen molar-refractivity contribution in [2.24, 2.45) is 5.92 Å². The first kappa shape index (κ1) is 18.6. The van der Waals surface area contributed by atoms with Crippen LogP contribution in [0.3, 0.4) is 0 Å². The number of amides is 1. The van der Waals surface area contributed by atoms with Gasteiger partial charge in [0.05, 0.1) is 12.1 Å². The second kappa shape index (κ2) is 7.99. The smallest absolute Gasteiger partial charge is 0.249 e. The minimum absolute atomic E-state index is 0.111. The number of nitrogens with zero attached hydrogens (tertiary/aromatic N) is 3. The summed E-state index contributed by atoms with van der Waals surface area (Å²) >= 11 is 0. The fourth-order valence-corrected chi connectivity index (χ4v) is 3.18. The molecule has 1 unspecified atom stereocenters. The van der Waals surface area contributed by atoms with Crippen molar-refractivity contribution in [1.82, 2.24) is 20.6 Å². The number of carbonyl (C=O) groups is 1. The van der Waals surface area contributed by atoms with Gasteiger partial charge in [-0.25, -0.2) is 0 Å². The van der Waals surface area contributed by atoms with E-state index in [4.69, 9.17) is 13.8 Å². The third-order valence-electron chi connectivity index (χ3n) is 4.81. The average Bonchev–Trinajstić information content (AvgIpc) is 3.23. The molecule has 2 aromatic heterocycles. The van der Waals surface area contributed by atoms with E-state index in [-0.39, 0.29) is 30.2 Å². The van der Waals surface area contributed by atoms with Crippen LogP contribution in [0.4, 0.5) is 0 Å². The van der Waals surface area contributed by atoms with E-state index in [1.807, 2.05) is 27.7 Å². The fourth-order valence-electron chi connectivity index (χ4n) is 3.18. The monoisotopic (exact) mass is 362 g/mol. The molecule has 1 saturated heterocycles. The Morgan fingerprint density at radius 2 is 1.92 bits per heavy atom. The molecule has 1 N–H and O–H groups in total. The van der Waals surface area contributed by atoms with Crippen molar-refractivity contribution >= 4 is 5.91 Å². The lowest BCUT2D eigenvalue weighted by molar-refractivity contribution is -0.122. The summed E-state index contributed by atoms with van der Waals surface area (Å²) in [6, 6.07) is -0.313. The van der Waals surface area contributed by atoms with E-state index in [0.717, 1.165) is 24.1 Å². The normalized spacial score (nSPS) is 16.8. The molecule has 0 aromatic carbocycles. The van der Waals surface area contributed by atoms with Gasteiger partial charge < -0.3 is 19.1 Å². The van der Waals surface area contributed by atoms with Gasteiger partial charge in [0.2, 0.25) is 11.8 Å². The predicted molar refractivity (Wildman–Crippen MR) is 92.5 cm³/mol. The van der Waals surface area contributed by atoms with Gasteiger partial charge in [-0.1, -0.05) is 24.2 Å². The summed E-state index contributed by atoms with van der Waals surface area (Å²) in [5, 5.41) is 11.0. The van der Waals surface area contributed by atoms with E-state index in [9.17, 15) is 4.79 Å². The predicted octanol–water partition coefficient (Wildman–Crippen LogP) is 2.62. The van der Waals surface area contributed by atoms with Crippen molar-refractivity contribution < 1.29 is 18.6 Å². The van der Waals surface area contributed by atoms with Crippen LogP contribution in [0.2, 0.25) is 0 Å². The average molecular weight is 362 g/mol. The summed E-state index contributed by atoms with van der Waals surface area (Å²) in [7, 11) is 0. The van der Waals surface area contributed by atoms with Crippen molar-refractivity contribution in [3.05, 3.63) is 28.7 Å². The maximum absolute atomic E-state index is 12.7. The van der Waals surface area contributed by atoms with Crippen molar-refractivity contribution in [3.8, 4) is 0 Å². The van der Waals surface area contributed by atoms with Gasteiger partial charge in [-0.2, -0.15) is 4.98 Å². The van der Waals surface area contributed by atoms with Crippen LogP contribution >= 0.6 is 0 Å². The third-order valence-corrected chi connectivity index (χ3v) is 4.81. The van der Waals surface area contributed by atoms with Gasteiger partial charge in [0, 0.05) is 24.7 Å². The quantitative estimate of drug-likeness (QED) is 0.842. The molecule has 0 saturated carbocycles. The standard InChI is InChI=1S/C18H26N4O4/c1-10(2)17-20-18(26-22-17)16(13-5-7-24-8-6-13)19-15(23)9-14-11(3)21-25-12(14)4/h10,13,16H,5-9H2,1-4H3,(H,19,23). The van der Waals surface area contributed by atoms with Gasteiger partial charge in [-0.3, -0.25) is 4.79 Å². The maximum atomic E-state index is 12.7. The van der Waals surface area contributed by atoms with E-state index in [1.54, 1.807) is 0 Å². The zero-order chi connectivity index (χ0) is 18.7. The molecule has 1 fully saturated rings. The van der Waals surface area contributed by atoms with Gasteiger partial charge in [-0.05, 0) is 32.6 Å². The van der Waals surface area contributed by atoms with Crippen molar-refractivity contribution in [1.29, 1.82) is 0 Å². The minimum atomic E-state index is -0.313. The van der Waals surface area contributed by atoms with Crippen LogP contribution in [0.5, 0.6) is 0 Å². The topological polar surface area (TPSA) is 103 Å². The first-order valence-corrected chi connectivity index (χ1v) is 9.08. The summed E-state index contributed by atoms with van der Waals surface area (Å²) in [6.45, 7) is 9.01. The van der Waals surface area contributed by atoms with Gasteiger partial charge >= 0.3 is 0 Å². The number of nitrogens with one attached hydrogen (secondary N) is 1. The largest absolute Gasteiger partial charge is 0.381 e. The Bertz CT molecular complexity index is 727. The molecular weight excluding hydrogens is 336 g/mol. The molecule has 2 aromatic rings. The number of carbonyl (C=O) groups excluding carboxylic acids is 1. The Morgan fingerprint density at radius 3 is 2.50 bits per heavy atom. The minimum Gasteiger partial charge on any atom is -0.381 e. The van der Waals surface area contributed by atoms with Crippen LogP contribution in [0, 0.1) is 19.8 Å². The number of rotatable bonds is 6. The van der Waals surface area contributed by atoms with Crippen LogP contribution in [0.15, 0.2) is 9.05 Å². The highest BCUT2D eigenvalue weighted by Crippen LogP contribution is 2.30. The highest BCUT2D eigenvalue weighted by molar-refractivity contribution is 5.79. The zero-order valence-electron chi connectivity index (χ0n) is 15.7. The Balaban J connectivity index is 1.77. The first-order chi connectivity index (χ1) is 12.5. The Hall–Kier alpha value is -2.22. The number of aryl methyl sites for hydroxylation is 2. The number of hydrogen-bond acceptors (Lipinski definition) is 7. The maximum Gasteiger partial charge on any atom is 0.249 e. The molecule has 0 aliphatic carbocycles. The lowest BCUT2D eigenvalue weighted by Gasteiger charge is -2.28.